The van der Waals surface area contributed by atoms with Gasteiger partial charge in [0.05, 0.1) is 5.69 Å². The van der Waals surface area contributed by atoms with Gasteiger partial charge in [-0.25, -0.2) is 22.2 Å². The number of rotatable bonds is 7. The Morgan fingerprint density at radius 3 is 2.47 bits per heavy atom. The summed E-state index contributed by atoms with van der Waals surface area (Å²) in [4.78, 5) is 12.9. The van der Waals surface area contributed by atoms with E-state index in [9.17, 15) is 13.2 Å². The highest BCUT2D eigenvalue weighted by Crippen LogP contribution is 2.27. The molecule has 0 saturated heterocycles. The van der Waals surface area contributed by atoms with E-state index in [1.54, 1.807) is 29.9 Å². The predicted octanol–water partition coefficient (Wildman–Crippen LogP) is 3.64. The fourth-order valence-corrected chi connectivity index (χ4v) is 3.76. The van der Waals surface area contributed by atoms with E-state index in [0.29, 0.717) is 17.2 Å². The average molecular weight is 455 g/mol. The molecular weight excluding hydrogens is 434 g/mol. The lowest BCUT2D eigenvalue weighted by molar-refractivity contribution is 0.0441. The van der Waals surface area contributed by atoms with Gasteiger partial charge in [0, 0.05) is 20.3 Å². The van der Waals surface area contributed by atoms with Crippen LogP contribution in [0.15, 0.2) is 74.7 Å². The SMILES string of the molecule is Cc1ccc(-c2nn(-c3ccccc3)cc2C(=O)OCc2ccc(S(=O)(=O)N(C)C)o2)o1. The molecule has 1 aromatic carbocycles. The maximum Gasteiger partial charge on any atom is 0.342 e. The number of esters is 1. The Morgan fingerprint density at radius 1 is 1.06 bits per heavy atom. The summed E-state index contributed by atoms with van der Waals surface area (Å²) < 4.78 is 43.3. The minimum absolute atomic E-state index is 0.199. The maximum atomic E-state index is 12.9. The normalized spacial score (nSPS) is 11.8. The average Bonchev–Trinajstić information content (AvgIpc) is 3.52. The van der Waals surface area contributed by atoms with Crippen molar-refractivity contribution in [3.8, 4) is 17.1 Å². The molecule has 0 saturated carbocycles. The predicted molar refractivity (Wildman–Crippen MR) is 115 cm³/mol. The first-order valence-corrected chi connectivity index (χ1v) is 11.1. The topological polar surface area (TPSA) is 108 Å². The molecule has 0 fully saturated rings. The number of aromatic nitrogens is 2. The number of ether oxygens (including phenoxy) is 1. The molecule has 0 N–H and O–H groups in total. The van der Waals surface area contributed by atoms with Crippen LogP contribution in [0.25, 0.3) is 17.1 Å². The van der Waals surface area contributed by atoms with E-state index in [1.165, 1.54) is 26.2 Å². The highest BCUT2D eigenvalue weighted by Gasteiger charge is 2.24. The summed E-state index contributed by atoms with van der Waals surface area (Å²) in [6, 6.07) is 15.6. The summed E-state index contributed by atoms with van der Waals surface area (Å²) in [6.07, 6.45) is 1.56. The van der Waals surface area contributed by atoms with E-state index in [-0.39, 0.29) is 23.0 Å². The number of nitrogens with zero attached hydrogens (tertiary/aromatic N) is 3. The number of aryl methyl sites for hydroxylation is 1. The molecule has 0 atom stereocenters. The van der Waals surface area contributed by atoms with Crippen LogP contribution in [0.2, 0.25) is 0 Å². The third-order valence-electron chi connectivity index (χ3n) is 4.65. The largest absolute Gasteiger partial charge is 0.460 e. The van der Waals surface area contributed by atoms with Crippen molar-refractivity contribution in [1.29, 1.82) is 0 Å². The van der Waals surface area contributed by atoms with Gasteiger partial charge in [0.1, 0.15) is 29.4 Å². The second-order valence-corrected chi connectivity index (χ2v) is 9.25. The van der Waals surface area contributed by atoms with Crippen LogP contribution in [-0.4, -0.2) is 42.6 Å². The quantitative estimate of drug-likeness (QED) is 0.392. The van der Waals surface area contributed by atoms with Gasteiger partial charge in [0.2, 0.25) is 5.09 Å². The lowest BCUT2D eigenvalue weighted by atomic mass is 10.2. The first-order valence-electron chi connectivity index (χ1n) is 9.66. The first kappa shape index (κ1) is 21.6. The molecule has 0 aliphatic carbocycles. The van der Waals surface area contributed by atoms with Crippen molar-refractivity contribution in [1.82, 2.24) is 14.1 Å². The molecule has 32 heavy (non-hydrogen) atoms. The standard InChI is InChI=1S/C22H21N3O6S/c1-15-9-11-19(30-15)21-18(13-25(23-21)16-7-5-4-6-8-16)22(26)29-14-17-10-12-20(31-17)32(27,28)24(2)3/h4-13H,14H2,1-3H3. The van der Waals surface area contributed by atoms with Crippen molar-refractivity contribution < 1.29 is 26.8 Å². The Bertz CT molecular complexity index is 1350. The van der Waals surface area contributed by atoms with Gasteiger partial charge in [-0.1, -0.05) is 18.2 Å². The van der Waals surface area contributed by atoms with Crippen LogP contribution in [0.5, 0.6) is 0 Å². The number of sulfonamides is 1. The third kappa shape index (κ3) is 4.23. The van der Waals surface area contributed by atoms with Crippen LogP contribution in [0.3, 0.4) is 0 Å². The van der Waals surface area contributed by atoms with E-state index in [2.05, 4.69) is 5.10 Å². The second-order valence-electron chi connectivity index (χ2n) is 7.17. The number of para-hydroxylation sites is 1. The second kappa shape index (κ2) is 8.48. The Balaban J connectivity index is 1.59. The lowest BCUT2D eigenvalue weighted by Crippen LogP contribution is -2.21. The summed E-state index contributed by atoms with van der Waals surface area (Å²) >= 11 is 0. The molecule has 0 bridgehead atoms. The molecule has 4 aromatic rings. The molecular formula is C22H21N3O6S. The van der Waals surface area contributed by atoms with E-state index >= 15 is 0 Å². The lowest BCUT2D eigenvalue weighted by Gasteiger charge is -2.07. The van der Waals surface area contributed by atoms with Crippen molar-refractivity contribution in [2.75, 3.05) is 14.1 Å². The smallest absolute Gasteiger partial charge is 0.342 e. The van der Waals surface area contributed by atoms with Gasteiger partial charge in [0.25, 0.3) is 10.0 Å². The zero-order chi connectivity index (χ0) is 22.9. The summed E-state index contributed by atoms with van der Waals surface area (Å²) in [5, 5.41) is 4.28. The van der Waals surface area contributed by atoms with E-state index in [0.717, 1.165) is 9.99 Å². The minimum atomic E-state index is -3.71. The Morgan fingerprint density at radius 2 is 1.81 bits per heavy atom. The van der Waals surface area contributed by atoms with Crippen LogP contribution in [0.4, 0.5) is 0 Å². The summed E-state index contributed by atoms with van der Waals surface area (Å²) in [5.74, 6) is 0.662. The summed E-state index contributed by atoms with van der Waals surface area (Å²) in [5.41, 5.74) is 1.30. The fraction of sp³-hybridized carbons (Fsp3) is 0.182. The van der Waals surface area contributed by atoms with Gasteiger partial charge in [-0.2, -0.15) is 5.10 Å². The molecule has 9 nitrogen and oxygen atoms in total. The van der Waals surface area contributed by atoms with Gasteiger partial charge in [-0.15, -0.1) is 0 Å². The van der Waals surface area contributed by atoms with Gasteiger partial charge in [-0.3, -0.25) is 0 Å². The molecule has 0 spiro atoms. The van der Waals surface area contributed by atoms with Gasteiger partial charge in [0.15, 0.2) is 5.76 Å². The maximum absolute atomic E-state index is 12.9. The molecule has 0 unspecified atom stereocenters. The fourth-order valence-electron chi connectivity index (χ4n) is 2.95. The van der Waals surface area contributed by atoms with Crippen molar-refractivity contribution in [2.24, 2.45) is 0 Å². The van der Waals surface area contributed by atoms with E-state index in [4.69, 9.17) is 13.6 Å². The van der Waals surface area contributed by atoms with Gasteiger partial charge in [-0.05, 0) is 43.3 Å². The molecule has 0 aliphatic rings. The van der Waals surface area contributed by atoms with Crippen LogP contribution in [0, 0.1) is 6.92 Å². The van der Waals surface area contributed by atoms with Crippen LogP contribution in [-0.2, 0) is 21.4 Å². The van der Waals surface area contributed by atoms with Crippen molar-refractivity contribution in [3.63, 3.8) is 0 Å². The van der Waals surface area contributed by atoms with Crippen molar-refractivity contribution >= 4 is 16.0 Å². The summed E-state index contributed by atoms with van der Waals surface area (Å²) in [7, 11) is -0.909. The van der Waals surface area contributed by atoms with E-state index in [1.807, 2.05) is 30.3 Å². The summed E-state index contributed by atoms with van der Waals surface area (Å²) in [6.45, 7) is 1.56. The minimum Gasteiger partial charge on any atom is -0.460 e. The van der Waals surface area contributed by atoms with Crippen LogP contribution < -0.4 is 0 Å². The number of benzene rings is 1. The molecule has 3 aromatic heterocycles. The Labute approximate surface area is 184 Å². The molecule has 0 aliphatic heterocycles. The highest BCUT2D eigenvalue weighted by atomic mass is 32.2. The molecule has 166 valence electrons. The van der Waals surface area contributed by atoms with Gasteiger partial charge < -0.3 is 13.6 Å². The van der Waals surface area contributed by atoms with Crippen molar-refractivity contribution in [3.05, 3.63) is 77.9 Å². The van der Waals surface area contributed by atoms with Gasteiger partial charge >= 0.3 is 5.97 Å². The number of furan rings is 2. The zero-order valence-electron chi connectivity index (χ0n) is 17.7. The molecule has 4 rings (SSSR count). The number of carbonyl (C=O) groups is 1. The number of hydrogen-bond donors (Lipinski definition) is 0. The highest BCUT2D eigenvalue weighted by molar-refractivity contribution is 7.88. The number of hydrogen-bond acceptors (Lipinski definition) is 7. The molecule has 0 amide bonds. The zero-order valence-corrected chi connectivity index (χ0v) is 18.5. The molecule has 3 heterocycles. The van der Waals surface area contributed by atoms with E-state index < -0.39 is 16.0 Å². The van der Waals surface area contributed by atoms with Crippen LogP contribution in [0.1, 0.15) is 21.9 Å². The molecule has 0 radical (unpaired) electrons. The first-order chi connectivity index (χ1) is 15.3. The third-order valence-corrected chi connectivity index (χ3v) is 6.34. The molecule has 10 heteroatoms. The van der Waals surface area contributed by atoms with Crippen molar-refractivity contribution in [2.45, 2.75) is 18.6 Å². The monoisotopic (exact) mass is 455 g/mol. The number of carbonyl (C=O) groups excluding carboxylic acids is 1. The Hall–Kier alpha value is -3.63. The Kier molecular flexibility index (Phi) is 5.72. The van der Waals surface area contributed by atoms with Crippen LogP contribution >= 0.6 is 0 Å².